The summed E-state index contributed by atoms with van der Waals surface area (Å²) in [5, 5.41) is 0. The molecule has 1 aromatic carbocycles. The first-order valence-electron chi connectivity index (χ1n) is 9.72. The molecule has 2 atom stereocenters. The highest BCUT2D eigenvalue weighted by Gasteiger charge is 2.36. The summed E-state index contributed by atoms with van der Waals surface area (Å²) in [6.45, 7) is 6.75. The molecule has 2 unspecified atom stereocenters. The molecule has 1 aliphatic heterocycles. The van der Waals surface area contributed by atoms with Crippen LogP contribution in [0.2, 0.25) is 0 Å². The zero-order valence-corrected chi connectivity index (χ0v) is 15.3. The topological polar surface area (TPSA) is 23.6 Å². The predicted octanol–water partition coefficient (Wildman–Crippen LogP) is 4.08. The average Bonchev–Trinajstić information content (AvgIpc) is 2.61. The number of carbonyl (C=O) groups is 1. The van der Waals surface area contributed by atoms with E-state index in [2.05, 4.69) is 47.9 Å². The molecule has 1 saturated heterocycles. The van der Waals surface area contributed by atoms with Crippen LogP contribution in [0.4, 0.5) is 0 Å². The lowest BCUT2D eigenvalue weighted by molar-refractivity contribution is -0.139. The van der Waals surface area contributed by atoms with Crippen LogP contribution in [0.3, 0.4) is 0 Å². The quantitative estimate of drug-likeness (QED) is 0.813. The molecular formula is C21H32N2O. The van der Waals surface area contributed by atoms with E-state index in [0.717, 1.165) is 19.0 Å². The molecule has 3 nitrogen and oxygen atoms in total. The molecule has 3 rings (SSSR count). The third kappa shape index (κ3) is 4.18. The number of nitrogens with zero attached hydrogens (tertiary/aromatic N) is 2. The van der Waals surface area contributed by atoms with Gasteiger partial charge in [-0.1, -0.05) is 43.2 Å². The van der Waals surface area contributed by atoms with Gasteiger partial charge in [-0.3, -0.25) is 9.69 Å². The van der Waals surface area contributed by atoms with E-state index in [1.165, 1.54) is 44.1 Å². The molecule has 1 saturated carbocycles. The van der Waals surface area contributed by atoms with Crippen molar-refractivity contribution >= 4 is 5.91 Å². The van der Waals surface area contributed by atoms with Gasteiger partial charge in [0.1, 0.15) is 0 Å². The van der Waals surface area contributed by atoms with Gasteiger partial charge in [-0.05, 0) is 51.0 Å². The molecule has 0 spiro atoms. The molecule has 2 fully saturated rings. The molecular weight excluding hydrogens is 296 g/mol. The van der Waals surface area contributed by atoms with E-state index in [9.17, 15) is 4.79 Å². The molecule has 132 valence electrons. The molecule has 1 heterocycles. The van der Waals surface area contributed by atoms with Gasteiger partial charge in [0.05, 0.1) is 6.54 Å². The van der Waals surface area contributed by atoms with Gasteiger partial charge in [0.2, 0.25) is 5.91 Å². The van der Waals surface area contributed by atoms with Crippen molar-refractivity contribution in [2.75, 3.05) is 13.1 Å². The fraction of sp³-hybridized carbons (Fsp3) is 0.667. The van der Waals surface area contributed by atoms with Crippen LogP contribution in [0.1, 0.15) is 57.9 Å². The van der Waals surface area contributed by atoms with Crippen molar-refractivity contribution in [3.8, 4) is 0 Å². The number of likely N-dealkylation sites (tertiary alicyclic amines) is 1. The maximum absolute atomic E-state index is 13.0. The van der Waals surface area contributed by atoms with Gasteiger partial charge in [-0.15, -0.1) is 0 Å². The fourth-order valence-corrected chi connectivity index (χ4v) is 4.44. The Bertz CT molecular complexity index is 526. The molecule has 3 heteroatoms. The van der Waals surface area contributed by atoms with Gasteiger partial charge < -0.3 is 4.90 Å². The van der Waals surface area contributed by atoms with Crippen LogP contribution in [0, 0.1) is 5.92 Å². The highest BCUT2D eigenvalue weighted by atomic mass is 16.2. The summed E-state index contributed by atoms with van der Waals surface area (Å²) in [7, 11) is 0. The minimum atomic E-state index is 0.344. The van der Waals surface area contributed by atoms with Crippen LogP contribution in [0.5, 0.6) is 0 Å². The maximum Gasteiger partial charge on any atom is 0.237 e. The zero-order chi connectivity index (χ0) is 16.9. The number of fused-ring (bicyclic) bond motifs is 1. The molecule has 1 amide bonds. The van der Waals surface area contributed by atoms with Crippen LogP contribution in [0.15, 0.2) is 30.3 Å². The second-order valence-corrected chi connectivity index (χ2v) is 7.83. The highest BCUT2D eigenvalue weighted by molar-refractivity contribution is 5.78. The number of rotatable bonds is 5. The highest BCUT2D eigenvalue weighted by Crippen LogP contribution is 2.35. The van der Waals surface area contributed by atoms with Gasteiger partial charge >= 0.3 is 0 Å². The number of carbonyl (C=O) groups excluding carboxylic acids is 1. The molecule has 0 N–H and O–H groups in total. The van der Waals surface area contributed by atoms with Crippen molar-refractivity contribution in [3.05, 3.63) is 35.9 Å². The van der Waals surface area contributed by atoms with Crippen LogP contribution >= 0.6 is 0 Å². The maximum atomic E-state index is 13.0. The molecule has 0 radical (unpaired) electrons. The molecule has 24 heavy (non-hydrogen) atoms. The van der Waals surface area contributed by atoms with Crippen LogP contribution in [-0.4, -0.2) is 40.9 Å². The summed E-state index contributed by atoms with van der Waals surface area (Å²) in [5.41, 5.74) is 1.29. The first-order chi connectivity index (χ1) is 11.6. The molecule has 1 aromatic rings. The lowest BCUT2D eigenvalue weighted by Crippen LogP contribution is -2.53. The number of hydrogen-bond donors (Lipinski definition) is 0. The fourth-order valence-electron chi connectivity index (χ4n) is 4.44. The lowest BCUT2D eigenvalue weighted by atomic mass is 9.78. The summed E-state index contributed by atoms with van der Waals surface area (Å²) in [5.74, 6) is 1.11. The third-order valence-corrected chi connectivity index (χ3v) is 5.86. The summed E-state index contributed by atoms with van der Waals surface area (Å²) in [4.78, 5) is 17.6. The monoisotopic (exact) mass is 328 g/mol. The largest absolute Gasteiger partial charge is 0.338 e. The van der Waals surface area contributed by atoms with Crippen molar-refractivity contribution in [1.82, 2.24) is 9.80 Å². The molecule has 1 aliphatic carbocycles. The Morgan fingerprint density at radius 3 is 2.58 bits per heavy atom. The van der Waals surface area contributed by atoms with Crippen molar-refractivity contribution < 1.29 is 4.79 Å². The van der Waals surface area contributed by atoms with Gasteiger partial charge in [-0.2, -0.15) is 0 Å². The van der Waals surface area contributed by atoms with Gasteiger partial charge in [-0.25, -0.2) is 0 Å². The van der Waals surface area contributed by atoms with Crippen LogP contribution < -0.4 is 0 Å². The second kappa shape index (κ2) is 8.15. The third-order valence-electron chi connectivity index (χ3n) is 5.86. The average molecular weight is 328 g/mol. The van der Waals surface area contributed by atoms with E-state index in [1.54, 1.807) is 0 Å². The molecule has 0 aromatic heterocycles. The van der Waals surface area contributed by atoms with Crippen LogP contribution in [0.25, 0.3) is 0 Å². The summed E-state index contributed by atoms with van der Waals surface area (Å²) in [6.07, 6.45) is 7.71. The van der Waals surface area contributed by atoms with E-state index in [-0.39, 0.29) is 0 Å². The summed E-state index contributed by atoms with van der Waals surface area (Å²) < 4.78 is 0. The minimum Gasteiger partial charge on any atom is -0.338 e. The Kier molecular flexibility index (Phi) is 5.94. The van der Waals surface area contributed by atoms with Gasteiger partial charge in [0, 0.05) is 25.2 Å². The number of hydrogen-bond acceptors (Lipinski definition) is 2. The Morgan fingerprint density at radius 2 is 1.83 bits per heavy atom. The number of amides is 1. The predicted molar refractivity (Wildman–Crippen MR) is 98.7 cm³/mol. The molecule has 0 bridgehead atoms. The van der Waals surface area contributed by atoms with E-state index in [4.69, 9.17) is 0 Å². The Labute approximate surface area is 147 Å². The smallest absolute Gasteiger partial charge is 0.237 e. The van der Waals surface area contributed by atoms with Crippen molar-refractivity contribution in [2.45, 2.75) is 71.0 Å². The van der Waals surface area contributed by atoms with E-state index >= 15 is 0 Å². The Morgan fingerprint density at radius 1 is 1.12 bits per heavy atom. The Hall–Kier alpha value is -1.35. The zero-order valence-electron chi connectivity index (χ0n) is 15.3. The SMILES string of the molecule is CC(C)N(CC(=O)N1CCCC2CCCCC21)Cc1ccccc1. The van der Waals surface area contributed by atoms with Crippen molar-refractivity contribution in [2.24, 2.45) is 5.92 Å². The van der Waals surface area contributed by atoms with Crippen molar-refractivity contribution in [1.29, 1.82) is 0 Å². The first kappa shape index (κ1) is 17.5. The van der Waals surface area contributed by atoms with Crippen molar-refractivity contribution in [3.63, 3.8) is 0 Å². The Balaban J connectivity index is 1.64. The number of piperidine rings is 1. The molecule has 2 aliphatic rings. The van der Waals surface area contributed by atoms with Gasteiger partial charge in [0.15, 0.2) is 0 Å². The summed E-state index contributed by atoms with van der Waals surface area (Å²) >= 11 is 0. The summed E-state index contributed by atoms with van der Waals surface area (Å²) in [6, 6.07) is 11.4. The minimum absolute atomic E-state index is 0.344. The van der Waals surface area contributed by atoms with E-state index in [0.29, 0.717) is 24.5 Å². The normalized spacial score (nSPS) is 24.2. The second-order valence-electron chi connectivity index (χ2n) is 7.83. The van der Waals surface area contributed by atoms with Crippen LogP contribution in [-0.2, 0) is 11.3 Å². The standard InChI is InChI=1S/C21H32N2O/c1-17(2)22(15-18-9-4-3-5-10-18)16-21(24)23-14-8-12-19-11-6-7-13-20(19)23/h3-5,9-10,17,19-20H,6-8,11-16H2,1-2H3. The van der Waals surface area contributed by atoms with Gasteiger partial charge in [0.25, 0.3) is 0 Å². The first-order valence-corrected chi connectivity index (χ1v) is 9.72. The van der Waals surface area contributed by atoms with E-state index in [1.807, 2.05) is 6.07 Å². The number of benzene rings is 1. The lowest BCUT2D eigenvalue weighted by Gasteiger charge is -2.45. The van der Waals surface area contributed by atoms with E-state index < -0.39 is 0 Å².